The van der Waals surface area contributed by atoms with Crippen LogP contribution in [0, 0.1) is 5.92 Å². The minimum absolute atomic E-state index is 0.237. The van der Waals surface area contributed by atoms with Gasteiger partial charge in [0, 0.05) is 6.04 Å². The van der Waals surface area contributed by atoms with E-state index >= 15 is 0 Å². The van der Waals surface area contributed by atoms with Crippen LogP contribution >= 0.6 is 0 Å². The Morgan fingerprint density at radius 2 is 1.85 bits per heavy atom. The molecule has 5 heteroatoms. The van der Waals surface area contributed by atoms with Gasteiger partial charge in [-0.2, -0.15) is 0 Å². The van der Waals surface area contributed by atoms with Crippen molar-refractivity contribution in [2.24, 2.45) is 5.92 Å². The largest absolute Gasteiger partial charge is 0.466 e. The summed E-state index contributed by atoms with van der Waals surface area (Å²) in [5, 5.41) is 2.89. The Morgan fingerprint density at radius 3 is 2.35 bits per heavy atom. The van der Waals surface area contributed by atoms with E-state index in [1.807, 2.05) is 52.0 Å². The van der Waals surface area contributed by atoms with E-state index in [-0.39, 0.29) is 17.9 Å². The van der Waals surface area contributed by atoms with Crippen LogP contribution in [0.5, 0.6) is 0 Å². The molecule has 0 bridgehead atoms. The molecule has 0 saturated carbocycles. The van der Waals surface area contributed by atoms with E-state index in [2.05, 4.69) is 11.9 Å². The second-order valence-corrected chi connectivity index (χ2v) is 7.38. The molecule has 0 saturated heterocycles. The molecule has 1 rings (SSSR count). The Morgan fingerprint density at radius 1 is 1.23 bits per heavy atom. The van der Waals surface area contributed by atoms with Crippen molar-refractivity contribution in [2.75, 3.05) is 6.61 Å². The van der Waals surface area contributed by atoms with Crippen LogP contribution < -0.4 is 5.32 Å². The van der Waals surface area contributed by atoms with Crippen molar-refractivity contribution in [1.82, 2.24) is 5.32 Å². The zero-order chi connectivity index (χ0) is 19.7. The summed E-state index contributed by atoms with van der Waals surface area (Å²) in [4.78, 5) is 24.1. The molecule has 26 heavy (non-hydrogen) atoms. The molecular weight excluding hydrogens is 330 g/mol. The third-order valence-electron chi connectivity index (χ3n) is 3.75. The van der Waals surface area contributed by atoms with E-state index in [0.717, 1.165) is 11.1 Å². The number of alkyl carbamates (subject to hydrolysis) is 1. The summed E-state index contributed by atoms with van der Waals surface area (Å²) >= 11 is 0. The minimum Gasteiger partial charge on any atom is -0.466 e. The van der Waals surface area contributed by atoms with Gasteiger partial charge in [-0.25, -0.2) is 4.79 Å². The molecule has 0 aliphatic carbocycles. The predicted octanol–water partition coefficient (Wildman–Crippen LogP) is 4.35. The number of amides is 1. The lowest BCUT2D eigenvalue weighted by molar-refractivity contribution is -0.147. The maximum absolute atomic E-state index is 12.2. The number of nitrogens with one attached hydrogen (secondary N) is 1. The SMILES string of the molecule is C=Cc1ccc(C[C@@H](C[C@H](C)C(=O)OCC)NC(=O)OC(C)(C)C)cc1. The average molecular weight is 361 g/mol. The molecule has 0 heterocycles. The van der Waals surface area contributed by atoms with E-state index in [0.29, 0.717) is 19.4 Å². The minimum atomic E-state index is -0.576. The van der Waals surface area contributed by atoms with Crippen molar-refractivity contribution < 1.29 is 19.1 Å². The fraction of sp³-hybridized carbons (Fsp3) is 0.524. The van der Waals surface area contributed by atoms with Crippen LogP contribution in [0.4, 0.5) is 4.79 Å². The summed E-state index contributed by atoms with van der Waals surface area (Å²) in [5.41, 5.74) is 1.52. The van der Waals surface area contributed by atoms with Crippen molar-refractivity contribution >= 4 is 18.1 Å². The molecule has 0 fully saturated rings. The number of carbonyl (C=O) groups is 2. The lowest BCUT2D eigenvalue weighted by Crippen LogP contribution is -2.41. The van der Waals surface area contributed by atoms with Crippen molar-refractivity contribution in [2.45, 2.75) is 59.1 Å². The van der Waals surface area contributed by atoms with E-state index in [9.17, 15) is 9.59 Å². The zero-order valence-corrected chi connectivity index (χ0v) is 16.5. The van der Waals surface area contributed by atoms with E-state index in [4.69, 9.17) is 9.47 Å². The van der Waals surface area contributed by atoms with Gasteiger partial charge in [-0.05, 0) is 51.7 Å². The van der Waals surface area contributed by atoms with Crippen LogP contribution in [-0.2, 0) is 20.7 Å². The highest BCUT2D eigenvalue weighted by Crippen LogP contribution is 2.16. The lowest BCUT2D eigenvalue weighted by atomic mass is 9.95. The molecule has 1 N–H and O–H groups in total. The number of hydrogen-bond acceptors (Lipinski definition) is 4. The molecule has 5 nitrogen and oxygen atoms in total. The number of hydrogen-bond donors (Lipinski definition) is 1. The molecule has 1 amide bonds. The van der Waals surface area contributed by atoms with Crippen LogP contribution in [0.15, 0.2) is 30.8 Å². The Bertz CT molecular complexity index is 601. The van der Waals surface area contributed by atoms with Gasteiger partial charge in [0.25, 0.3) is 0 Å². The smallest absolute Gasteiger partial charge is 0.407 e. The van der Waals surface area contributed by atoms with Gasteiger partial charge in [0.1, 0.15) is 5.60 Å². The summed E-state index contributed by atoms with van der Waals surface area (Å²) < 4.78 is 10.4. The summed E-state index contributed by atoms with van der Waals surface area (Å²) in [6.45, 7) is 13.1. The molecule has 1 aromatic carbocycles. The number of rotatable bonds is 8. The second-order valence-electron chi connectivity index (χ2n) is 7.38. The van der Waals surface area contributed by atoms with Crippen LogP contribution in [0.25, 0.3) is 6.08 Å². The van der Waals surface area contributed by atoms with Crippen molar-refractivity contribution in [3.8, 4) is 0 Å². The van der Waals surface area contributed by atoms with Gasteiger partial charge < -0.3 is 14.8 Å². The second kappa shape index (κ2) is 10.00. The number of esters is 1. The standard InChI is InChI=1S/C21H31NO4/c1-7-16-9-11-17(12-10-16)14-18(13-15(3)19(23)25-8-2)22-20(24)26-21(4,5)6/h7,9-12,15,18H,1,8,13-14H2,2-6H3,(H,22,24)/t15-,18+/m0/s1. The number of ether oxygens (including phenoxy) is 2. The van der Waals surface area contributed by atoms with Gasteiger partial charge in [-0.15, -0.1) is 0 Å². The molecule has 0 unspecified atom stereocenters. The molecular formula is C21H31NO4. The maximum atomic E-state index is 12.2. The molecule has 0 aliphatic rings. The Hall–Kier alpha value is -2.30. The van der Waals surface area contributed by atoms with Crippen molar-refractivity contribution in [1.29, 1.82) is 0 Å². The van der Waals surface area contributed by atoms with Gasteiger partial charge in [-0.3, -0.25) is 4.79 Å². The number of carbonyl (C=O) groups excluding carboxylic acids is 2. The molecule has 144 valence electrons. The van der Waals surface area contributed by atoms with Gasteiger partial charge in [0.15, 0.2) is 0 Å². The summed E-state index contributed by atoms with van der Waals surface area (Å²) in [5.74, 6) is -0.576. The highest BCUT2D eigenvalue weighted by Gasteiger charge is 2.24. The summed E-state index contributed by atoms with van der Waals surface area (Å²) in [6, 6.07) is 7.70. The lowest BCUT2D eigenvalue weighted by Gasteiger charge is -2.25. The van der Waals surface area contributed by atoms with E-state index in [1.165, 1.54) is 0 Å². The molecule has 0 aliphatic heterocycles. The Labute approximate surface area is 156 Å². The van der Waals surface area contributed by atoms with Gasteiger partial charge in [0.2, 0.25) is 0 Å². The van der Waals surface area contributed by atoms with Gasteiger partial charge in [0.05, 0.1) is 12.5 Å². The van der Waals surface area contributed by atoms with Crippen LogP contribution in [0.1, 0.15) is 52.2 Å². The first kappa shape index (κ1) is 21.7. The average Bonchev–Trinajstić information content (AvgIpc) is 2.53. The summed E-state index contributed by atoms with van der Waals surface area (Å²) in [6.07, 6.45) is 2.37. The fourth-order valence-corrected chi connectivity index (χ4v) is 2.55. The first-order valence-corrected chi connectivity index (χ1v) is 9.02. The maximum Gasteiger partial charge on any atom is 0.407 e. The van der Waals surface area contributed by atoms with Crippen LogP contribution in [-0.4, -0.2) is 30.3 Å². The summed E-state index contributed by atoms with van der Waals surface area (Å²) in [7, 11) is 0. The topological polar surface area (TPSA) is 64.6 Å². The molecule has 0 aromatic heterocycles. The Kier molecular flexibility index (Phi) is 8.36. The molecule has 0 radical (unpaired) electrons. The Balaban J connectivity index is 2.83. The van der Waals surface area contributed by atoms with Crippen molar-refractivity contribution in [3.05, 3.63) is 42.0 Å². The van der Waals surface area contributed by atoms with Gasteiger partial charge >= 0.3 is 12.1 Å². The first-order chi connectivity index (χ1) is 12.1. The normalized spacial score (nSPS) is 13.4. The third-order valence-corrected chi connectivity index (χ3v) is 3.75. The fourth-order valence-electron chi connectivity index (χ4n) is 2.55. The number of benzene rings is 1. The van der Waals surface area contributed by atoms with E-state index < -0.39 is 11.7 Å². The zero-order valence-electron chi connectivity index (χ0n) is 16.5. The van der Waals surface area contributed by atoms with Crippen LogP contribution in [0.2, 0.25) is 0 Å². The monoisotopic (exact) mass is 361 g/mol. The first-order valence-electron chi connectivity index (χ1n) is 9.02. The third kappa shape index (κ3) is 8.19. The predicted molar refractivity (Wildman–Crippen MR) is 104 cm³/mol. The van der Waals surface area contributed by atoms with E-state index in [1.54, 1.807) is 13.0 Å². The molecule has 1 aromatic rings. The quantitative estimate of drug-likeness (QED) is 0.699. The molecule has 0 spiro atoms. The highest BCUT2D eigenvalue weighted by atomic mass is 16.6. The van der Waals surface area contributed by atoms with Crippen molar-refractivity contribution in [3.63, 3.8) is 0 Å². The molecule has 2 atom stereocenters. The van der Waals surface area contributed by atoms with Crippen LogP contribution in [0.3, 0.4) is 0 Å². The highest BCUT2D eigenvalue weighted by molar-refractivity contribution is 5.72. The van der Waals surface area contributed by atoms with Gasteiger partial charge in [-0.1, -0.05) is 43.8 Å².